The topological polar surface area (TPSA) is 170 Å². The van der Waals surface area contributed by atoms with Gasteiger partial charge in [0.15, 0.2) is 18.3 Å². The Labute approximate surface area is 364 Å². The highest BCUT2D eigenvalue weighted by atomic mass is 16.6. The summed E-state index contributed by atoms with van der Waals surface area (Å²) in [5.74, 6) is -0.630. The third kappa shape index (κ3) is 12.1. The summed E-state index contributed by atoms with van der Waals surface area (Å²) in [7, 11) is 6.99. The molecule has 5 amide bonds. The average molecular weight is 863 g/mol. The molecule has 1 N–H and O–H groups in total. The van der Waals surface area contributed by atoms with E-state index in [-0.39, 0.29) is 56.9 Å². The fourth-order valence-corrected chi connectivity index (χ4v) is 8.32. The van der Waals surface area contributed by atoms with E-state index >= 15 is 0 Å². The van der Waals surface area contributed by atoms with Crippen LogP contribution in [0.3, 0.4) is 0 Å². The summed E-state index contributed by atoms with van der Waals surface area (Å²) in [4.78, 5) is 86.1. The number of aromatic nitrogens is 1. The van der Waals surface area contributed by atoms with Crippen LogP contribution in [0.15, 0.2) is 45.6 Å². The van der Waals surface area contributed by atoms with Crippen LogP contribution in [0.4, 0.5) is 15.3 Å². The molecule has 0 bridgehead atoms. The van der Waals surface area contributed by atoms with Crippen molar-refractivity contribution in [3.05, 3.63) is 63.6 Å². The van der Waals surface area contributed by atoms with Crippen molar-refractivity contribution < 1.29 is 37.9 Å². The molecule has 1 atom stereocenters. The van der Waals surface area contributed by atoms with E-state index in [4.69, 9.17) is 13.9 Å². The number of hydrogen-bond acceptors (Lipinski definition) is 11. The highest BCUT2D eigenvalue weighted by Crippen LogP contribution is 2.27. The molecule has 3 saturated heterocycles. The summed E-state index contributed by atoms with van der Waals surface area (Å²) in [5, 5.41) is 3.03. The van der Waals surface area contributed by atoms with E-state index in [9.17, 15) is 28.8 Å². The molecule has 0 spiro atoms. The number of piperidine rings is 2. The molecule has 3 fully saturated rings. The number of fused-ring (bicyclic) bond motifs is 2. The fourth-order valence-electron chi connectivity index (χ4n) is 8.32. The minimum atomic E-state index is -1.00. The smallest absolute Gasteiger partial charge is 0.419 e. The number of rotatable bonds is 9. The maximum absolute atomic E-state index is 13.8. The van der Waals surface area contributed by atoms with Crippen molar-refractivity contribution in [2.45, 2.75) is 71.9 Å². The monoisotopic (exact) mass is 862 g/mol. The molecule has 17 heteroatoms. The maximum Gasteiger partial charge on any atom is 0.419 e. The molecule has 7 rings (SSSR count). The molecule has 0 unspecified atom stereocenters. The van der Waals surface area contributed by atoms with Gasteiger partial charge in [0.25, 0.3) is 11.8 Å². The predicted molar refractivity (Wildman–Crippen MR) is 236 cm³/mol. The first-order valence-corrected chi connectivity index (χ1v) is 21.4. The molecule has 340 valence electrons. The van der Waals surface area contributed by atoms with Gasteiger partial charge in [-0.2, -0.15) is 0 Å². The van der Waals surface area contributed by atoms with Crippen molar-refractivity contribution in [1.29, 1.82) is 0 Å². The molecule has 2 aromatic carbocycles. The Morgan fingerprint density at radius 1 is 0.887 bits per heavy atom. The minimum absolute atomic E-state index is 0. The maximum atomic E-state index is 13.8. The third-order valence-corrected chi connectivity index (χ3v) is 12.3. The molecule has 17 nitrogen and oxygen atoms in total. The van der Waals surface area contributed by atoms with Crippen LogP contribution in [0.5, 0.6) is 0 Å². The number of amides is 5. The molecule has 0 radical (unpaired) electrons. The van der Waals surface area contributed by atoms with Crippen molar-refractivity contribution in [2.75, 3.05) is 98.5 Å². The summed E-state index contributed by atoms with van der Waals surface area (Å²) in [5.41, 5.74) is 4.72. The summed E-state index contributed by atoms with van der Waals surface area (Å²) < 4.78 is 17.8. The molecule has 5 heterocycles. The number of benzene rings is 2. The van der Waals surface area contributed by atoms with E-state index in [1.165, 1.54) is 9.47 Å². The van der Waals surface area contributed by atoms with E-state index in [2.05, 4.69) is 24.2 Å². The van der Waals surface area contributed by atoms with Crippen molar-refractivity contribution >= 4 is 46.7 Å². The van der Waals surface area contributed by atoms with Crippen LogP contribution in [0.2, 0.25) is 0 Å². The molecule has 0 aliphatic carbocycles. The standard InChI is InChI=1S/C33H41N5O6.C11H21N3O3.CH4/c1-21-8-13-36(14-9-21)30(39)28(20-23-18-22(2)29-27(19-23)43-32(41)35(29)3)44-33(42)37-15-11-25(12-16-37)38-17-10-24-6-4-5-7-26(24)34-31(38)40;1-12(2)10(15)9-17-11(16)8-14-6-4-13(3)5-7-14;/h4-7,18-19,21,25,28H,8-17,20H2,1-3H3,(H,34,40);4-9H2,1-3H3;1H4/t28-;;/m1../s1. The first-order valence-electron chi connectivity index (χ1n) is 21.4. The number of aryl methyl sites for hydroxylation is 2. The van der Waals surface area contributed by atoms with Crippen LogP contribution in [0, 0.1) is 12.8 Å². The first-order chi connectivity index (χ1) is 29.2. The van der Waals surface area contributed by atoms with Gasteiger partial charge in [-0.3, -0.25) is 23.9 Å². The van der Waals surface area contributed by atoms with Gasteiger partial charge in [0.05, 0.1) is 12.1 Å². The summed E-state index contributed by atoms with van der Waals surface area (Å²) in [6, 6.07) is 11.4. The van der Waals surface area contributed by atoms with E-state index in [1.54, 1.807) is 37.0 Å². The van der Waals surface area contributed by atoms with Crippen molar-refractivity contribution in [2.24, 2.45) is 13.0 Å². The Kier molecular flexibility index (Phi) is 16.6. The number of likely N-dealkylation sites (N-methyl/N-ethyl adjacent to an activating group) is 2. The second kappa shape index (κ2) is 21.6. The SMILES string of the molecule is C.CN1CCN(CC(=O)OCC(=O)N(C)C)CC1.Cc1cc(C[C@@H](OC(=O)N2CCC(N3CCc4ccccc4NC3=O)CC2)C(=O)N2CCC(C)CC2)cc2oc(=O)n(C)c12. The zero-order valence-electron chi connectivity index (χ0n) is 36.5. The number of urea groups is 1. The van der Waals surface area contributed by atoms with Crippen LogP contribution >= 0.6 is 0 Å². The van der Waals surface area contributed by atoms with Gasteiger partial charge in [-0.25, -0.2) is 14.4 Å². The van der Waals surface area contributed by atoms with Crippen molar-refractivity contribution in [3.8, 4) is 0 Å². The highest BCUT2D eigenvalue weighted by Gasteiger charge is 2.35. The molecule has 3 aromatic rings. The quantitative estimate of drug-likeness (QED) is 0.311. The number of ether oxygens (including phenoxy) is 2. The van der Waals surface area contributed by atoms with Crippen molar-refractivity contribution in [3.63, 3.8) is 0 Å². The number of likely N-dealkylation sites (tertiary alicyclic amines) is 2. The zero-order valence-corrected chi connectivity index (χ0v) is 36.5. The lowest BCUT2D eigenvalue weighted by molar-refractivity contribution is -0.152. The molecule has 1 aromatic heterocycles. The molecular formula is C45H66N8O9. The van der Waals surface area contributed by atoms with Crippen LogP contribution < -0.4 is 11.1 Å². The van der Waals surface area contributed by atoms with E-state index < -0.39 is 18.0 Å². The average Bonchev–Trinajstić information content (AvgIpc) is 3.42. The van der Waals surface area contributed by atoms with Gasteiger partial charge in [-0.05, 0) is 80.8 Å². The van der Waals surface area contributed by atoms with E-state index in [0.29, 0.717) is 62.6 Å². The number of anilines is 1. The van der Waals surface area contributed by atoms with Gasteiger partial charge in [0, 0.05) is 98.2 Å². The number of para-hydroxylation sites is 1. The lowest BCUT2D eigenvalue weighted by Gasteiger charge is -2.38. The van der Waals surface area contributed by atoms with Gasteiger partial charge in [-0.1, -0.05) is 38.6 Å². The third-order valence-electron chi connectivity index (χ3n) is 12.3. The number of nitrogens with zero attached hydrogens (tertiary/aromatic N) is 7. The Morgan fingerprint density at radius 2 is 1.55 bits per heavy atom. The second-order valence-electron chi connectivity index (χ2n) is 17.0. The second-order valence-corrected chi connectivity index (χ2v) is 17.0. The van der Waals surface area contributed by atoms with Crippen LogP contribution in [0.1, 0.15) is 56.7 Å². The van der Waals surface area contributed by atoms with Gasteiger partial charge in [0.1, 0.15) is 0 Å². The normalized spacial score (nSPS) is 18.4. The molecule has 4 aliphatic heterocycles. The largest absolute Gasteiger partial charge is 0.455 e. The van der Waals surface area contributed by atoms with E-state index in [1.807, 2.05) is 47.1 Å². The van der Waals surface area contributed by atoms with Crippen LogP contribution in [-0.4, -0.2) is 169 Å². The summed E-state index contributed by atoms with van der Waals surface area (Å²) >= 11 is 0. The Balaban J connectivity index is 0.000000341. The number of piperazine rings is 1. The number of esters is 1. The number of oxazole rings is 1. The van der Waals surface area contributed by atoms with Gasteiger partial charge < -0.3 is 43.7 Å². The van der Waals surface area contributed by atoms with Crippen molar-refractivity contribution in [1.82, 2.24) is 34.0 Å². The number of hydrogen-bond donors (Lipinski definition) is 1. The molecule has 62 heavy (non-hydrogen) atoms. The lowest BCUT2D eigenvalue weighted by Crippen LogP contribution is -2.51. The molecule has 4 aliphatic rings. The highest BCUT2D eigenvalue weighted by molar-refractivity contribution is 5.91. The molecule has 0 saturated carbocycles. The minimum Gasteiger partial charge on any atom is -0.455 e. The Hall–Kier alpha value is -5.42. The lowest BCUT2D eigenvalue weighted by atomic mass is 9.98. The summed E-state index contributed by atoms with van der Waals surface area (Å²) in [6.45, 7) is 10.6. The Morgan fingerprint density at radius 3 is 2.23 bits per heavy atom. The predicted octanol–water partition coefficient (Wildman–Crippen LogP) is 3.80. The van der Waals surface area contributed by atoms with Gasteiger partial charge >= 0.3 is 23.8 Å². The zero-order chi connectivity index (χ0) is 43.8. The van der Waals surface area contributed by atoms with Crippen LogP contribution in [0.25, 0.3) is 11.1 Å². The number of nitrogens with one attached hydrogen (secondary N) is 1. The van der Waals surface area contributed by atoms with Gasteiger partial charge in [0.2, 0.25) is 0 Å². The number of carbonyl (C=O) groups excluding carboxylic acids is 5. The van der Waals surface area contributed by atoms with Crippen LogP contribution in [-0.2, 0) is 43.7 Å². The fraction of sp³-hybridized carbons (Fsp3) is 0.600. The number of carbonyl (C=O) groups is 5. The first kappa shape index (κ1) is 47.6. The molecular weight excluding hydrogens is 797 g/mol. The summed E-state index contributed by atoms with van der Waals surface area (Å²) in [6.07, 6.45) is 2.50. The van der Waals surface area contributed by atoms with Gasteiger partial charge in [-0.15, -0.1) is 0 Å². The van der Waals surface area contributed by atoms with E-state index in [0.717, 1.165) is 67.8 Å². The Bertz CT molecular complexity index is 2090.